The van der Waals surface area contributed by atoms with Crippen LogP contribution in [0.1, 0.15) is 60.5 Å². The number of nitrogens with zero attached hydrogens (tertiary/aromatic N) is 3. The summed E-state index contributed by atoms with van der Waals surface area (Å²) < 4.78 is 7.33. The Morgan fingerprint density at radius 3 is 2.57 bits per heavy atom. The van der Waals surface area contributed by atoms with Crippen LogP contribution in [0.5, 0.6) is 0 Å². The largest absolute Gasteiger partial charge is 0.455 e. The zero-order valence-corrected chi connectivity index (χ0v) is 20.4. The Morgan fingerprint density at radius 2 is 1.89 bits per heavy atom. The third-order valence-electron chi connectivity index (χ3n) is 7.22. The molecule has 4 rings (SSSR count). The van der Waals surface area contributed by atoms with Gasteiger partial charge >= 0.3 is 5.97 Å². The number of benzene rings is 1. The van der Waals surface area contributed by atoms with Gasteiger partial charge in [-0.15, -0.1) is 0 Å². The van der Waals surface area contributed by atoms with Gasteiger partial charge in [0.15, 0.2) is 6.61 Å². The molecule has 0 spiro atoms. The van der Waals surface area contributed by atoms with Crippen LogP contribution in [-0.2, 0) is 25.5 Å². The van der Waals surface area contributed by atoms with Gasteiger partial charge in [-0.3, -0.25) is 14.4 Å². The topological polar surface area (TPSA) is 104 Å². The van der Waals surface area contributed by atoms with Crippen molar-refractivity contribution in [1.29, 1.82) is 5.26 Å². The molecule has 2 fully saturated rings. The number of hydrogen-bond acceptors (Lipinski definition) is 5. The number of rotatable bonds is 8. The maximum Gasteiger partial charge on any atom is 0.311 e. The summed E-state index contributed by atoms with van der Waals surface area (Å²) in [5, 5.41) is 12.5. The third-order valence-corrected chi connectivity index (χ3v) is 7.22. The van der Waals surface area contributed by atoms with E-state index in [2.05, 4.69) is 16.0 Å². The summed E-state index contributed by atoms with van der Waals surface area (Å²) in [6, 6.07) is 12.3. The molecule has 8 heteroatoms. The van der Waals surface area contributed by atoms with Crippen LogP contribution in [0.2, 0.25) is 0 Å². The predicted molar refractivity (Wildman–Crippen MR) is 131 cm³/mol. The minimum absolute atomic E-state index is 0.0775. The molecule has 1 aromatic carbocycles. The van der Waals surface area contributed by atoms with E-state index in [-0.39, 0.29) is 18.4 Å². The highest BCUT2D eigenvalue weighted by molar-refractivity contribution is 5.94. The first-order valence-corrected chi connectivity index (χ1v) is 12.3. The van der Waals surface area contributed by atoms with Gasteiger partial charge in [0.05, 0.1) is 11.5 Å². The number of hydrogen-bond donors (Lipinski definition) is 1. The van der Waals surface area contributed by atoms with E-state index in [9.17, 15) is 19.6 Å². The van der Waals surface area contributed by atoms with Gasteiger partial charge < -0.3 is 19.5 Å². The zero-order valence-electron chi connectivity index (χ0n) is 20.4. The number of ether oxygens (including phenoxy) is 1. The molecule has 2 amide bonds. The fourth-order valence-electron chi connectivity index (χ4n) is 5.18. The molecule has 2 aromatic rings. The lowest BCUT2D eigenvalue weighted by molar-refractivity contribution is -0.151. The predicted octanol–water partition coefficient (Wildman–Crippen LogP) is 3.66. The second-order valence-electron chi connectivity index (χ2n) is 9.49. The van der Waals surface area contributed by atoms with E-state index in [0.717, 1.165) is 48.9 Å². The fourth-order valence-corrected chi connectivity index (χ4v) is 5.18. The number of amides is 2. The molecule has 1 aliphatic heterocycles. The Balaban J connectivity index is 1.32. The van der Waals surface area contributed by atoms with Gasteiger partial charge in [-0.05, 0) is 44.2 Å². The number of carbonyl (C=O) groups excluding carboxylic acids is 3. The molecule has 184 valence electrons. The molecule has 1 aliphatic carbocycles. The van der Waals surface area contributed by atoms with Crippen molar-refractivity contribution in [2.75, 3.05) is 25.0 Å². The second kappa shape index (κ2) is 10.8. The number of anilines is 1. The van der Waals surface area contributed by atoms with Crippen LogP contribution in [0.4, 0.5) is 5.82 Å². The van der Waals surface area contributed by atoms with E-state index in [1.165, 1.54) is 0 Å². The molecular weight excluding hydrogens is 444 g/mol. The van der Waals surface area contributed by atoms with Crippen LogP contribution >= 0.6 is 0 Å². The van der Waals surface area contributed by atoms with Crippen molar-refractivity contribution in [3.05, 3.63) is 52.7 Å². The Hall–Kier alpha value is -3.60. The summed E-state index contributed by atoms with van der Waals surface area (Å²) >= 11 is 0. The first-order chi connectivity index (χ1) is 16.9. The first kappa shape index (κ1) is 24.5. The Kier molecular flexibility index (Phi) is 7.54. The van der Waals surface area contributed by atoms with Crippen LogP contribution < -0.4 is 5.32 Å². The number of aromatic nitrogens is 1. The van der Waals surface area contributed by atoms with Crippen LogP contribution in [0.15, 0.2) is 30.3 Å². The minimum atomic E-state index is -0.576. The van der Waals surface area contributed by atoms with Gasteiger partial charge in [-0.25, -0.2) is 0 Å². The van der Waals surface area contributed by atoms with Gasteiger partial charge in [0.2, 0.25) is 5.91 Å². The summed E-state index contributed by atoms with van der Waals surface area (Å²) in [5.41, 5.74) is 3.41. The molecule has 1 unspecified atom stereocenters. The van der Waals surface area contributed by atoms with Crippen molar-refractivity contribution in [3.8, 4) is 6.07 Å². The Morgan fingerprint density at radius 1 is 1.17 bits per heavy atom. The van der Waals surface area contributed by atoms with Gasteiger partial charge in [-0.1, -0.05) is 43.2 Å². The van der Waals surface area contributed by atoms with Gasteiger partial charge in [0.1, 0.15) is 11.9 Å². The molecule has 35 heavy (non-hydrogen) atoms. The van der Waals surface area contributed by atoms with Gasteiger partial charge in [0, 0.05) is 31.2 Å². The van der Waals surface area contributed by atoms with Crippen molar-refractivity contribution < 1.29 is 19.1 Å². The highest BCUT2D eigenvalue weighted by atomic mass is 16.5. The van der Waals surface area contributed by atoms with E-state index in [4.69, 9.17) is 4.74 Å². The SMILES string of the molecule is Cc1c(C#N)c(NC(=O)COC(=O)C2CC(=O)N(CCc3ccccc3)C2)n(C2CCCC2)c1C. The molecule has 0 radical (unpaired) electrons. The summed E-state index contributed by atoms with van der Waals surface area (Å²) in [5.74, 6) is -1.20. The van der Waals surface area contributed by atoms with Gasteiger partial charge in [-0.2, -0.15) is 5.26 Å². The molecule has 1 aromatic heterocycles. The van der Waals surface area contributed by atoms with Gasteiger partial charge in [0.25, 0.3) is 5.91 Å². The number of nitriles is 1. The Labute approximate surface area is 205 Å². The molecule has 2 aliphatic rings. The van der Waals surface area contributed by atoms with Crippen LogP contribution in [0.25, 0.3) is 0 Å². The highest BCUT2D eigenvalue weighted by Crippen LogP contribution is 2.37. The van der Waals surface area contributed by atoms with Crippen molar-refractivity contribution in [2.24, 2.45) is 5.92 Å². The summed E-state index contributed by atoms with van der Waals surface area (Å²) in [6.45, 7) is 4.24. The average molecular weight is 477 g/mol. The van der Waals surface area contributed by atoms with Crippen LogP contribution in [0, 0.1) is 31.1 Å². The summed E-state index contributed by atoms with van der Waals surface area (Å²) in [6.07, 6.45) is 5.07. The van der Waals surface area contributed by atoms with E-state index in [1.807, 2.05) is 44.2 Å². The molecule has 1 saturated carbocycles. The van der Waals surface area contributed by atoms with E-state index >= 15 is 0 Å². The minimum Gasteiger partial charge on any atom is -0.455 e. The van der Waals surface area contributed by atoms with Crippen LogP contribution in [-0.4, -0.2) is 46.9 Å². The molecule has 0 bridgehead atoms. The normalized spacial score (nSPS) is 18.0. The maximum atomic E-state index is 12.7. The second-order valence-corrected chi connectivity index (χ2v) is 9.49. The maximum absolute atomic E-state index is 12.7. The molecule has 2 heterocycles. The standard InChI is InChI=1S/C27H32N4O4/c1-18-19(2)31(22-10-6-7-11-22)26(23(18)15-28)29-24(32)17-35-27(34)21-14-25(33)30(16-21)13-12-20-8-4-3-5-9-20/h3-5,8-9,21-22H,6-7,10-14,16-17H2,1-2H3,(H,29,32). The van der Waals surface area contributed by atoms with Crippen molar-refractivity contribution >= 4 is 23.6 Å². The molecule has 1 atom stereocenters. The lowest BCUT2D eigenvalue weighted by Crippen LogP contribution is -2.30. The monoisotopic (exact) mass is 476 g/mol. The van der Waals surface area contributed by atoms with Crippen molar-refractivity contribution in [1.82, 2.24) is 9.47 Å². The Bertz CT molecular complexity index is 1140. The van der Waals surface area contributed by atoms with E-state index in [0.29, 0.717) is 24.5 Å². The molecule has 8 nitrogen and oxygen atoms in total. The first-order valence-electron chi connectivity index (χ1n) is 12.3. The van der Waals surface area contributed by atoms with Crippen molar-refractivity contribution in [3.63, 3.8) is 0 Å². The van der Waals surface area contributed by atoms with E-state index in [1.54, 1.807) is 4.90 Å². The third kappa shape index (κ3) is 5.40. The molecular formula is C27H32N4O4. The lowest BCUT2D eigenvalue weighted by Gasteiger charge is -2.19. The number of carbonyl (C=O) groups is 3. The average Bonchev–Trinajstić information content (AvgIpc) is 3.56. The summed E-state index contributed by atoms with van der Waals surface area (Å²) in [7, 11) is 0. The number of likely N-dealkylation sites (tertiary alicyclic amines) is 1. The number of esters is 1. The molecule has 1 saturated heterocycles. The smallest absolute Gasteiger partial charge is 0.311 e. The van der Waals surface area contributed by atoms with Crippen molar-refractivity contribution in [2.45, 2.75) is 58.4 Å². The molecule has 1 N–H and O–H groups in total. The fraction of sp³-hybridized carbons (Fsp3) is 0.481. The van der Waals surface area contributed by atoms with Crippen LogP contribution in [0.3, 0.4) is 0 Å². The van der Waals surface area contributed by atoms with E-state index < -0.39 is 24.4 Å². The summed E-state index contributed by atoms with van der Waals surface area (Å²) in [4.78, 5) is 39.3. The number of nitrogens with one attached hydrogen (secondary N) is 1. The highest BCUT2D eigenvalue weighted by Gasteiger charge is 2.35. The lowest BCUT2D eigenvalue weighted by atomic mass is 10.1. The quantitative estimate of drug-likeness (QED) is 0.586. The zero-order chi connectivity index (χ0) is 24.9.